The summed E-state index contributed by atoms with van der Waals surface area (Å²) in [6, 6.07) is 0. The molecule has 0 saturated carbocycles. The minimum atomic E-state index is 0.785. The summed E-state index contributed by atoms with van der Waals surface area (Å²) in [5.74, 6) is 2.05. The van der Waals surface area contributed by atoms with Crippen molar-refractivity contribution in [3.63, 3.8) is 0 Å². The molecule has 9 heteroatoms. The summed E-state index contributed by atoms with van der Waals surface area (Å²) >= 11 is 3.59. The van der Waals surface area contributed by atoms with Crippen molar-refractivity contribution in [2.45, 2.75) is 74.6 Å². The zero-order chi connectivity index (χ0) is 20.6. The van der Waals surface area contributed by atoms with E-state index in [0.717, 1.165) is 78.9 Å². The van der Waals surface area contributed by atoms with E-state index in [9.17, 15) is 0 Å². The van der Waals surface area contributed by atoms with Gasteiger partial charge in [-0.05, 0) is 55.9 Å². The average molecular weight is 457 g/mol. The van der Waals surface area contributed by atoms with Gasteiger partial charge in [0.1, 0.15) is 21.5 Å². The second kappa shape index (κ2) is 8.77. The number of morpholine rings is 1. The van der Waals surface area contributed by atoms with Gasteiger partial charge in [0.2, 0.25) is 0 Å². The SMILES string of the molecule is C1CCc2nnc(Sc3nc(CN4CCOCC4)nc4sc5c(c34)CCCC5)n2CC1. The molecule has 0 N–H and O–H groups in total. The highest BCUT2D eigenvalue weighted by Crippen LogP contribution is 2.41. The molecule has 1 aliphatic carbocycles. The number of hydrogen-bond acceptors (Lipinski definition) is 8. The zero-order valence-corrected chi connectivity index (χ0v) is 19.4. The first-order chi connectivity index (χ1) is 15.3. The third-order valence-electron chi connectivity index (χ3n) is 6.56. The highest BCUT2D eigenvalue weighted by Gasteiger charge is 2.24. The van der Waals surface area contributed by atoms with E-state index >= 15 is 0 Å². The number of ether oxygens (including phenoxy) is 1. The molecule has 0 atom stereocenters. The zero-order valence-electron chi connectivity index (χ0n) is 17.8. The topological polar surface area (TPSA) is 69.0 Å². The molecule has 1 fully saturated rings. The Balaban J connectivity index is 1.40. The van der Waals surface area contributed by atoms with Gasteiger partial charge in [-0.1, -0.05) is 6.42 Å². The molecular weight excluding hydrogens is 428 g/mol. The molecule has 164 valence electrons. The molecule has 2 aliphatic heterocycles. The van der Waals surface area contributed by atoms with Crippen LogP contribution in [0.4, 0.5) is 0 Å². The number of thiophene rings is 1. The molecule has 0 bridgehead atoms. The molecule has 7 nitrogen and oxygen atoms in total. The number of nitrogens with zero attached hydrogens (tertiary/aromatic N) is 6. The summed E-state index contributed by atoms with van der Waals surface area (Å²) in [6.45, 7) is 5.28. The number of aryl methyl sites for hydroxylation is 3. The van der Waals surface area contributed by atoms with Crippen molar-refractivity contribution in [1.82, 2.24) is 29.6 Å². The lowest BCUT2D eigenvalue weighted by Gasteiger charge is -2.25. The van der Waals surface area contributed by atoms with Crippen molar-refractivity contribution in [2.24, 2.45) is 0 Å². The quantitative estimate of drug-likeness (QED) is 0.552. The first-order valence-electron chi connectivity index (χ1n) is 11.6. The van der Waals surface area contributed by atoms with Crippen molar-refractivity contribution in [3.05, 3.63) is 22.1 Å². The van der Waals surface area contributed by atoms with Crippen LogP contribution in [-0.4, -0.2) is 55.9 Å². The van der Waals surface area contributed by atoms with E-state index in [1.54, 1.807) is 11.8 Å². The Labute approximate surface area is 190 Å². The van der Waals surface area contributed by atoms with Crippen LogP contribution in [0.3, 0.4) is 0 Å². The molecule has 0 radical (unpaired) electrons. The fourth-order valence-electron chi connectivity index (χ4n) is 4.89. The smallest absolute Gasteiger partial charge is 0.197 e. The number of aromatic nitrogens is 5. The molecule has 3 aliphatic rings. The van der Waals surface area contributed by atoms with Gasteiger partial charge in [-0.2, -0.15) is 0 Å². The van der Waals surface area contributed by atoms with Crippen molar-refractivity contribution in [1.29, 1.82) is 0 Å². The number of rotatable bonds is 4. The summed E-state index contributed by atoms with van der Waals surface area (Å²) in [4.78, 5) is 15.2. The fraction of sp³-hybridized carbons (Fsp3) is 0.636. The third-order valence-corrected chi connectivity index (χ3v) is 8.72. The van der Waals surface area contributed by atoms with E-state index in [4.69, 9.17) is 14.7 Å². The molecule has 5 heterocycles. The van der Waals surface area contributed by atoms with E-state index in [2.05, 4.69) is 19.7 Å². The van der Waals surface area contributed by atoms with E-state index < -0.39 is 0 Å². The van der Waals surface area contributed by atoms with Crippen molar-refractivity contribution in [2.75, 3.05) is 26.3 Å². The molecular formula is C22H28N6OS2. The molecule has 31 heavy (non-hydrogen) atoms. The molecule has 3 aromatic heterocycles. The van der Waals surface area contributed by atoms with Crippen LogP contribution in [0.15, 0.2) is 10.2 Å². The van der Waals surface area contributed by atoms with Gasteiger partial charge < -0.3 is 9.30 Å². The maximum absolute atomic E-state index is 5.52. The second-order valence-corrected chi connectivity index (χ2v) is 10.7. The molecule has 0 spiro atoms. The lowest BCUT2D eigenvalue weighted by atomic mass is 9.97. The largest absolute Gasteiger partial charge is 0.379 e. The van der Waals surface area contributed by atoms with Gasteiger partial charge >= 0.3 is 0 Å². The van der Waals surface area contributed by atoms with Crippen LogP contribution in [0.1, 0.15) is 54.2 Å². The minimum Gasteiger partial charge on any atom is -0.379 e. The van der Waals surface area contributed by atoms with Crippen molar-refractivity contribution < 1.29 is 4.74 Å². The van der Waals surface area contributed by atoms with Crippen LogP contribution in [0.2, 0.25) is 0 Å². The maximum atomic E-state index is 5.52. The molecule has 3 aromatic rings. The Hall–Kier alpha value is -1.55. The van der Waals surface area contributed by atoms with Gasteiger partial charge in [-0.15, -0.1) is 21.5 Å². The van der Waals surface area contributed by atoms with Gasteiger partial charge in [0.05, 0.1) is 19.8 Å². The van der Waals surface area contributed by atoms with Crippen LogP contribution < -0.4 is 0 Å². The normalized spacial score (nSPS) is 19.9. The van der Waals surface area contributed by atoms with E-state index in [-0.39, 0.29) is 0 Å². The van der Waals surface area contributed by atoms with Crippen LogP contribution in [-0.2, 0) is 37.1 Å². The number of fused-ring (bicyclic) bond motifs is 4. The maximum Gasteiger partial charge on any atom is 0.197 e. The Bertz CT molecular complexity index is 1090. The fourth-order valence-corrected chi connectivity index (χ4v) is 7.27. The lowest BCUT2D eigenvalue weighted by Crippen LogP contribution is -2.36. The van der Waals surface area contributed by atoms with E-state index in [1.165, 1.54) is 54.4 Å². The molecule has 0 unspecified atom stereocenters. The van der Waals surface area contributed by atoms with Crippen LogP contribution in [0, 0.1) is 0 Å². The molecule has 0 aromatic carbocycles. The Morgan fingerprint density at radius 3 is 2.71 bits per heavy atom. The Morgan fingerprint density at radius 1 is 0.903 bits per heavy atom. The third kappa shape index (κ3) is 4.01. The Kier molecular flexibility index (Phi) is 5.68. The Morgan fingerprint density at radius 2 is 1.77 bits per heavy atom. The summed E-state index contributed by atoms with van der Waals surface area (Å²) in [5, 5.41) is 12.4. The van der Waals surface area contributed by atoms with Crippen LogP contribution in [0.25, 0.3) is 10.2 Å². The van der Waals surface area contributed by atoms with Crippen molar-refractivity contribution >= 4 is 33.3 Å². The van der Waals surface area contributed by atoms with Gasteiger partial charge in [0, 0.05) is 36.3 Å². The standard InChI is InChI=1S/C22H28N6OS2/c1-2-8-18-25-26-22(28(18)9-5-1)31-21-19-15-6-3-4-7-16(15)30-20(19)23-17(24-21)14-27-10-12-29-13-11-27/h1-14H2. The molecule has 1 saturated heterocycles. The van der Waals surface area contributed by atoms with E-state index in [1.807, 2.05) is 11.3 Å². The summed E-state index contributed by atoms with van der Waals surface area (Å²) in [7, 11) is 0. The first kappa shape index (κ1) is 20.1. The predicted molar refractivity (Wildman–Crippen MR) is 122 cm³/mol. The molecule has 0 amide bonds. The number of hydrogen-bond donors (Lipinski definition) is 0. The second-order valence-electron chi connectivity index (χ2n) is 8.69. The van der Waals surface area contributed by atoms with Gasteiger partial charge in [0.25, 0.3) is 0 Å². The lowest BCUT2D eigenvalue weighted by molar-refractivity contribution is 0.0330. The van der Waals surface area contributed by atoms with Crippen LogP contribution >= 0.6 is 23.1 Å². The first-order valence-corrected chi connectivity index (χ1v) is 13.2. The summed E-state index contributed by atoms with van der Waals surface area (Å²) < 4.78 is 7.84. The van der Waals surface area contributed by atoms with Gasteiger partial charge in [-0.25, -0.2) is 9.97 Å². The predicted octanol–water partition coefficient (Wildman–Crippen LogP) is 3.87. The van der Waals surface area contributed by atoms with Crippen LogP contribution in [0.5, 0.6) is 0 Å². The highest BCUT2D eigenvalue weighted by molar-refractivity contribution is 7.99. The average Bonchev–Trinajstić information content (AvgIpc) is 3.26. The monoisotopic (exact) mass is 456 g/mol. The van der Waals surface area contributed by atoms with Gasteiger partial charge in [-0.3, -0.25) is 4.90 Å². The van der Waals surface area contributed by atoms with Crippen molar-refractivity contribution in [3.8, 4) is 0 Å². The van der Waals surface area contributed by atoms with E-state index in [0.29, 0.717) is 0 Å². The molecule has 6 rings (SSSR count). The highest BCUT2D eigenvalue weighted by atomic mass is 32.2. The minimum absolute atomic E-state index is 0.785. The summed E-state index contributed by atoms with van der Waals surface area (Å²) in [5.41, 5.74) is 1.49. The van der Waals surface area contributed by atoms with Gasteiger partial charge in [0.15, 0.2) is 5.16 Å². The summed E-state index contributed by atoms with van der Waals surface area (Å²) in [6.07, 6.45) is 9.59.